The molecule has 1 N–H and O–H groups in total. The normalized spacial score (nSPS) is 14.5. The lowest BCUT2D eigenvalue weighted by Gasteiger charge is -2.31. The summed E-state index contributed by atoms with van der Waals surface area (Å²) >= 11 is 1.50. The Morgan fingerprint density at radius 1 is 1.06 bits per heavy atom. The lowest BCUT2D eigenvalue weighted by molar-refractivity contribution is -0.121. The Balaban J connectivity index is 1.28. The zero-order chi connectivity index (χ0) is 21.8. The number of carbonyl (C=O) groups is 2. The number of halogens is 1. The first-order chi connectivity index (χ1) is 15.0. The van der Waals surface area contributed by atoms with E-state index < -0.39 is 0 Å². The van der Waals surface area contributed by atoms with Gasteiger partial charge in [-0.2, -0.15) is 0 Å². The second-order valence-corrected chi connectivity index (χ2v) is 8.45. The SMILES string of the molecule is Cn1cnnc1Sc1ccc(NC(=O)C2CCN(C(=O)c3ccc(F)cc3)CC2)cc1. The molecule has 2 amide bonds. The molecule has 1 aliphatic heterocycles. The van der Waals surface area contributed by atoms with Crippen LogP contribution in [0, 0.1) is 11.7 Å². The van der Waals surface area contributed by atoms with Gasteiger partial charge in [-0.15, -0.1) is 10.2 Å². The first-order valence-corrected chi connectivity index (χ1v) is 10.8. The summed E-state index contributed by atoms with van der Waals surface area (Å²) in [5.74, 6) is -0.686. The minimum atomic E-state index is -0.368. The molecule has 0 spiro atoms. The van der Waals surface area contributed by atoms with Gasteiger partial charge in [-0.1, -0.05) is 0 Å². The van der Waals surface area contributed by atoms with Crippen LogP contribution in [0.2, 0.25) is 0 Å². The molecule has 31 heavy (non-hydrogen) atoms. The van der Waals surface area contributed by atoms with Gasteiger partial charge in [-0.25, -0.2) is 4.39 Å². The van der Waals surface area contributed by atoms with Crippen molar-refractivity contribution in [3.63, 3.8) is 0 Å². The number of aromatic nitrogens is 3. The van der Waals surface area contributed by atoms with E-state index in [4.69, 9.17) is 0 Å². The highest BCUT2D eigenvalue weighted by Gasteiger charge is 2.28. The molecule has 0 unspecified atom stereocenters. The number of nitrogens with one attached hydrogen (secondary N) is 1. The highest BCUT2D eigenvalue weighted by Crippen LogP contribution is 2.27. The van der Waals surface area contributed by atoms with Crippen LogP contribution in [-0.2, 0) is 11.8 Å². The van der Waals surface area contributed by atoms with Crippen LogP contribution in [0.4, 0.5) is 10.1 Å². The van der Waals surface area contributed by atoms with Crippen LogP contribution in [-0.4, -0.2) is 44.6 Å². The van der Waals surface area contributed by atoms with Crippen molar-refractivity contribution in [1.29, 1.82) is 0 Å². The molecular weight excluding hydrogens is 417 g/mol. The number of benzene rings is 2. The average Bonchev–Trinajstić information content (AvgIpc) is 3.19. The fourth-order valence-electron chi connectivity index (χ4n) is 3.44. The van der Waals surface area contributed by atoms with Crippen molar-refractivity contribution in [1.82, 2.24) is 19.7 Å². The molecule has 0 aliphatic carbocycles. The molecule has 3 aromatic rings. The second kappa shape index (κ2) is 9.30. The number of aryl methyl sites for hydroxylation is 1. The molecule has 1 fully saturated rings. The number of hydrogen-bond donors (Lipinski definition) is 1. The summed E-state index contributed by atoms with van der Waals surface area (Å²) in [6.07, 6.45) is 2.84. The Hall–Kier alpha value is -3.20. The zero-order valence-corrected chi connectivity index (χ0v) is 17.8. The molecule has 1 saturated heterocycles. The van der Waals surface area contributed by atoms with E-state index in [9.17, 15) is 14.0 Å². The van der Waals surface area contributed by atoms with Crippen LogP contribution in [0.25, 0.3) is 0 Å². The van der Waals surface area contributed by atoms with Gasteiger partial charge in [0.25, 0.3) is 5.91 Å². The van der Waals surface area contributed by atoms with Gasteiger partial charge in [0.15, 0.2) is 5.16 Å². The Morgan fingerprint density at radius 3 is 2.35 bits per heavy atom. The van der Waals surface area contributed by atoms with Crippen molar-refractivity contribution in [2.75, 3.05) is 18.4 Å². The molecule has 7 nitrogen and oxygen atoms in total. The number of anilines is 1. The standard InChI is InChI=1S/C22H22FN5O2S/c1-27-14-24-26-22(27)31-19-8-6-18(7-9-19)25-20(29)15-10-12-28(13-11-15)21(30)16-2-4-17(23)5-3-16/h2-9,14-15H,10-13H2,1H3,(H,25,29). The van der Waals surface area contributed by atoms with Crippen molar-refractivity contribution >= 4 is 29.3 Å². The van der Waals surface area contributed by atoms with Crippen LogP contribution >= 0.6 is 11.8 Å². The Morgan fingerprint density at radius 2 is 1.74 bits per heavy atom. The minimum Gasteiger partial charge on any atom is -0.339 e. The average molecular weight is 440 g/mol. The third-order valence-electron chi connectivity index (χ3n) is 5.24. The summed E-state index contributed by atoms with van der Waals surface area (Å²) in [4.78, 5) is 27.9. The molecule has 2 heterocycles. The summed E-state index contributed by atoms with van der Waals surface area (Å²) < 4.78 is 14.9. The fourth-order valence-corrected chi connectivity index (χ4v) is 4.20. The van der Waals surface area contributed by atoms with Gasteiger partial charge >= 0.3 is 0 Å². The highest BCUT2D eigenvalue weighted by atomic mass is 32.2. The fraction of sp³-hybridized carbons (Fsp3) is 0.273. The number of hydrogen-bond acceptors (Lipinski definition) is 5. The first kappa shape index (κ1) is 21.0. The second-order valence-electron chi connectivity index (χ2n) is 7.41. The van der Waals surface area contributed by atoms with Crippen LogP contribution in [0.3, 0.4) is 0 Å². The predicted molar refractivity (Wildman–Crippen MR) is 115 cm³/mol. The number of likely N-dealkylation sites (tertiary alicyclic amines) is 1. The lowest BCUT2D eigenvalue weighted by Crippen LogP contribution is -2.41. The van der Waals surface area contributed by atoms with E-state index in [-0.39, 0.29) is 23.5 Å². The molecule has 0 bridgehead atoms. The monoisotopic (exact) mass is 439 g/mol. The molecule has 4 rings (SSSR count). The summed E-state index contributed by atoms with van der Waals surface area (Å²) in [6.45, 7) is 1.00. The van der Waals surface area contributed by atoms with Crippen molar-refractivity contribution in [3.8, 4) is 0 Å². The Labute approximate surface area is 183 Å². The van der Waals surface area contributed by atoms with E-state index in [0.717, 1.165) is 15.7 Å². The van der Waals surface area contributed by atoms with E-state index >= 15 is 0 Å². The van der Waals surface area contributed by atoms with Gasteiger partial charge in [0.2, 0.25) is 5.91 Å². The molecule has 1 aliphatic rings. The summed E-state index contributed by atoms with van der Waals surface area (Å²) in [5.41, 5.74) is 1.20. The van der Waals surface area contributed by atoms with E-state index in [1.165, 1.54) is 36.0 Å². The van der Waals surface area contributed by atoms with Crippen molar-refractivity contribution in [3.05, 3.63) is 66.2 Å². The van der Waals surface area contributed by atoms with Gasteiger partial charge in [0, 0.05) is 42.2 Å². The molecule has 160 valence electrons. The predicted octanol–water partition coefficient (Wildman–Crippen LogP) is 3.60. The molecule has 0 saturated carbocycles. The maximum Gasteiger partial charge on any atom is 0.253 e. The summed E-state index contributed by atoms with van der Waals surface area (Å²) in [7, 11) is 1.88. The molecule has 0 radical (unpaired) electrons. The zero-order valence-electron chi connectivity index (χ0n) is 17.0. The summed E-state index contributed by atoms with van der Waals surface area (Å²) in [5, 5.41) is 11.7. The van der Waals surface area contributed by atoms with Crippen LogP contribution in [0.1, 0.15) is 23.2 Å². The van der Waals surface area contributed by atoms with Gasteiger partial charge < -0.3 is 14.8 Å². The van der Waals surface area contributed by atoms with Crippen LogP contribution in [0.5, 0.6) is 0 Å². The van der Waals surface area contributed by atoms with E-state index in [1.807, 2.05) is 35.9 Å². The molecule has 9 heteroatoms. The van der Waals surface area contributed by atoms with Gasteiger partial charge in [-0.3, -0.25) is 9.59 Å². The topological polar surface area (TPSA) is 80.1 Å². The number of carbonyl (C=O) groups excluding carboxylic acids is 2. The van der Waals surface area contributed by atoms with Crippen LogP contribution < -0.4 is 5.32 Å². The smallest absolute Gasteiger partial charge is 0.253 e. The maximum atomic E-state index is 13.1. The quantitative estimate of drug-likeness (QED) is 0.657. The van der Waals surface area contributed by atoms with E-state index in [2.05, 4.69) is 15.5 Å². The van der Waals surface area contributed by atoms with Crippen molar-refractivity contribution < 1.29 is 14.0 Å². The number of piperidine rings is 1. The van der Waals surface area contributed by atoms with E-state index in [1.54, 1.807) is 11.2 Å². The van der Waals surface area contributed by atoms with Crippen molar-refractivity contribution in [2.24, 2.45) is 13.0 Å². The number of rotatable bonds is 5. The summed E-state index contributed by atoms with van der Waals surface area (Å²) in [6, 6.07) is 13.1. The highest BCUT2D eigenvalue weighted by molar-refractivity contribution is 7.99. The Bertz CT molecular complexity index is 1060. The van der Waals surface area contributed by atoms with Gasteiger partial charge in [0.1, 0.15) is 12.1 Å². The lowest BCUT2D eigenvalue weighted by atomic mass is 9.95. The Kier molecular flexibility index (Phi) is 6.31. The molecule has 1 aromatic heterocycles. The molecular formula is C22H22FN5O2S. The molecule has 2 aromatic carbocycles. The van der Waals surface area contributed by atoms with Gasteiger partial charge in [0.05, 0.1) is 0 Å². The van der Waals surface area contributed by atoms with Crippen molar-refractivity contribution in [2.45, 2.75) is 22.9 Å². The van der Waals surface area contributed by atoms with Crippen LogP contribution in [0.15, 0.2) is 64.9 Å². The number of amides is 2. The maximum absolute atomic E-state index is 13.1. The largest absolute Gasteiger partial charge is 0.339 e. The third kappa shape index (κ3) is 5.11. The third-order valence-corrected chi connectivity index (χ3v) is 6.31. The van der Waals surface area contributed by atoms with Gasteiger partial charge in [-0.05, 0) is 73.1 Å². The molecule has 0 atom stereocenters. The number of nitrogens with zero attached hydrogens (tertiary/aromatic N) is 4. The first-order valence-electron chi connectivity index (χ1n) is 9.97. The van der Waals surface area contributed by atoms with E-state index in [0.29, 0.717) is 31.5 Å². The minimum absolute atomic E-state index is 0.0393.